The molecule has 0 spiro atoms. The van der Waals surface area contributed by atoms with Crippen molar-refractivity contribution >= 4 is 46.5 Å². The summed E-state index contributed by atoms with van der Waals surface area (Å²) in [5.41, 5.74) is 14.7. The number of carbonyl (C=O) groups is 3. The van der Waals surface area contributed by atoms with Crippen molar-refractivity contribution in [2.24, 2.45) is 5.41 Å². The van der Waals surface area contributed by atoms with Gasteiger partial charge in [-0.05, 0) is 42.5 Å². The number of nitrogens with two attached hydrogens (primary N) is 2. The fourth-order valence-corrected chi connectivity index (χ4v) is 3.97. The van der Waals surface area contributed by atoms with Gasteiger partial charge in [0.15, 0.2) is 17.0 Å². The molecule has 13 heteroatoms. The van der Waals surface area contributed by atoms with E-state index in [-0.39, 0.29) is 35.6 Å². The Morgan fingerprint density at radius 1 is 1.11 bits per heavy atom. The molecule has 3 aromatic rings. The van der Waals surface area contributed by atoms with Gasteiger partial charge in [-0.1, -0.05) is 20.8 Å². The van der Waals surface area contributed by atoms with E-state index in [0.717, 1.165) is 11.3 Å². The van der Waals surface area contributed by atoms with Crippen LogP contribution in [0.1, 0.15) is 55.2 Å². The topological polar surface area (TPSA) is 211 Å². The number of hydrogen-bond acceptors (Lipinski definition) is 10. The van der Waals surface area contributed by atoms with E-state index in [2.05, 4.69) is 50.9 Å². The molecule has 0 aliphatic heterocycles. The summed E-state index contributed by atoms with van der Waals surface area (Å²) in [6.45, 7) is 9.17. The molecule has 13 nitrogen and oxygen atoms in total. The Kier molecular flexibility index (Phi) is 8.29. The van der Waals surface area contributed by atoms with Crippen molar-refractivity contribution in [1.82, 2.24) is 25.3 Å². The monoisotopic (exact) mass is 524 g/mol. The zero-order chi connectivity index (χ0) is 28.2. The van der Waals surface area contributed by atoms with E-state index in [9.17, 15) is 19.5 Å². The number of hydrogen-bond donors (Lipinski definition) is 5. The quantitative estimate of drug-likeness (QED) is 0.258. The minimum absolute atomic E-state index is 0.0164. The number of nitrogens with zero attached hydrogens (tertiary/aromatic N) is 5. The van der Waals surface area contributed by atoms with Crippen molar-refractivity contribution < 1.29 is 24.6 Å². The third-order valence-electron chi connectivity index (χ3n) is 5.57. The highest BCUT2D eigenvalue weighted by Gasteiger charge is 2.24. The van der Waals surface area contributed by atoms with Crippen LogP contribution in [-0.4, -0.2) is 60.6 Å². The highest BCUT2D eigenvalue weighted by Crippen LogP contribution is 2.28. The van der Waals surface area contributed by atoms with E-state index in [0.29, 0.717) is 29.9 Å². The van der Waals surface area contributed by atoms with E-state index in [1.165, 1.54) is 0 Å². The summed E-state index contributed by atoms with van der Waals surface area (Å²) in [7, 11) is 0. The first-order valence-electron chi connectivity index (χ1n) is 11.9. The number of rotatable bonds is 10. The Morgan fingerprint density at radius 2 is 1.82 bits per heavy atom. The lowest BCUT2D eigenvalue weighted by atomic mass is 9.95. The van der Waals surface area contributed by atoms with Crippen LogP contribution in [0.5, 0.6) is 0 Å². The Balaban J connectivity index is 1.88. The number of benzene rings is 1. The zero-order valence-corrected chi connectivity index (χ0v) is 21.7. The Hall–Kier alpha value is -4.55. The smallest absolute Gasteiger partial charge is 0.326 e. The Morgan fingerprint density at radius 3 is 2.42 bits per heavy atom. The summed E-state index contributed by atoms with van der Waals surface area (Å²) in [6, 6.07) is 3.74. The molecule has 2 aromatic heterocycles. The first-order chi connectivity index (χ1) is 17.7. The van der Waals surface area contributed by atoms with Crippen molar-refractivity contribution in [1.29, 1.82) is 0 Å². The van der Waals surface area contributed by atoms with Gasteiger partial charge in [0.25, 0.3) is 5.91 Å². The fourth-order valence-electron chi connectivity index (χ4n) is 3.97. The maximum Gasteiger partial charge on any atom is 0.326 e. The second-order valence-corrected chi connectivity index (χ2v) is 10.2. The maximum atomic E-state index is 12.8. The molecule has 202 valence electrons. The van der Waals surface area contributed by atoms with Crippen LogP contribution in [0, 0.1) is 12.3 Å². The van der Waals surface area contributed by atoms with Crippen molar-refractivity contribution in [3.05, 3.63) is 41.2 Å². The zero-order valence-electron chi connectivity index (χ0n) is 21.7. The molecule has 1 unspecified atom stereocenters. The van der Waals surface area contributed by atoms with Crippen molar-refractivity contribution in [3.63, 3.8) is 0 Å². The minimum Gasteiger partial charge on any atom is -0.481 e. The molecule has 0 saturated heterocycles. The van der Waals surface area contributed by atoms with E-state index < -0.39 is 23.9 Å². The van der Waals surface area contributed by atoms with Gasteiger partial charge in [0.05, 0.1) is 18.4 Å². The molecule has 7 N–H and O–H groups in total. The van der Waals surface area contributed by atoms with Crippen LogP contribution >= 0.6 is 0 Å². The molecule has 1 atom stereocenters. The average molecular weight is 525 g/mol. The lowest BCUT2D eigenvalue weighted by Crippen LogP contribution is -2.41. The number of nitrogen functional groups attached to an aromatic ring is 2. The third-order valence-corrected chi connectivity index (χ3v) is 5.57. The summed E-state index contributed by atoms with van der Waals surface area (Å²) in [4.78, 5) is 54.1. The van der Waals surface area contributed by atoms with Gasteiger partial charge in [0.1, 0.15) is 6.04 Å². The lowest BCUT2D eigenvalue weighted by Gasteiger charge is -2.33. The number of carboxylic acid groups (broad SMARTS) is 2. The van der Waals surface area contributed by atoms with Gasteiger partial charge in [-0.15, -0.1) is 0 Å². The molecule has 0 aliphatic carbocycles. The van der Waals surface area contributed by atoms with Gasteiger partial charge in [-0.3, -0.25) is 9.59 Å². The fraction of sp³-hybridized carbons (Fsp3) is 0.400. The second kappa shape index (κ2) is 11.2. The summed E-state index contributed by atoms with van der Waals surface area (Å²) < 4.78 is 0. The van der Waals surface area contributed by atoms with Gasteiger partial charge in [0.2, 0.25) is 5.95 Å². The standard InChI is InChI=1S/C25H32N8O5/c1-13-9-14(22(36)30-16(23(37)38)6-8-18(34)35)5-7-17(13)33(12-25(2,3)4)11-15-10-28-21-19(29-15)20(26)31-24(27)32-21/h5,7,9-10,16H,6,8,11-12H2,1-4H3,(H,30,36)(H,34,35)(H,37,38)(H4,26,27,28,31,32). The number of aliphatic carboxylic acids is 2. The first kappa shape index (κ1) is 28.0. The average Bonchev–Trinajstić information content (AvgIpc) is 2.80. The van der Waals surface area contributed by atoms with E-state index in [1.807, 2.05) is 6.92 Å². The molecule has 0 bridgehead atoms. The summed E-state index contributed by atoms with van der Waals surface area (Å²) in [5.74, 6) is -2.88. The molecular formula is C25H32N8O5. The predicted octanol–water partition coefficient (Wildman–Crippen LogP) is 1.99. The number of carboxylic acids is 2. The van der Waals surface area contributed by atoms with Gasteiger partial charge in [-0.25, -0.2) is 14.8 Å². The second-order valence-electron chi connectivity index (χ2n) is 10.2. The lowest BCUT2D eigenvalue weighted by molar-refractivity contribution is -0.140. The number of amides is 1. The molecule has 1 aromatic carbocycles. The van der Waals surface area contributed by atoms with Crippen LogP contribution in [0.15, 0.2) is 24.4 Å². The Labute approximate surface area is 219 Å². The number of fused-ring (bicyclic) bond motifs is 1. The highest BCUT2D eigenvalue weighted by atomic mass is 16.4. The third kappa shape index (κ3) is 7.24. The van der Waals surface area contributed by atoms with E-state index in [1.54, 1.807) is 24.4 Å². The van der Waals surface area contributed by atoms with Crippen molar-refractivity contribution in [3.8, 4) is 0 Å². The van der Waals surface area contributed by atoms with Crippen LogP contribution < -0.4 is 21.7 Å². The van der Waals surface area contributed by atoms with Crippen LogP contribution in [-0.2, 0) is 16.1 Å². The molecular weight excluding hydrogens is 492 g/mol. The van der Waals surface area contributed by atoms with Gasteiger partial charge in [-0.2, -0.15) is 9.97 Å². The minimum atomic E-state index is -1.31. The van der Waals surface area contributed by atoms with E-state index >= 15 is 0 Å². The summed E-state index contributed by atoms with van der Waals surface area (Å²) in [6.07, 6.45) is 1.01. The van der Waals surface area contributed by atoms with Crippen LogP contribution in [0.2, 0.25) is 0 Å². The van der Waals surface area contributed by atoms with Crippen molar-refractivity contribution in [2.45, 2.75) is 53.1 Å². The van der Waals surface area contributed by atoms with Gasteiger partial charge in [0, 0.05) is 24.2 Å². The number of nitrogens with one attached hydrogen (secondary N) is 1. The molecule has 0 aliphatic rings. The molecule has 0 radical (unpaired) electrons. The molecule has 3 rings (SSSR count). The number of aryl methyl sites for hydroxylation is 1. The normalized spacial score (nSPS) is 12.2. The Bertz CT molecular complexity index is 1370. The van der Waals surface area contributed by atoms with E-state index in [4.69, 9.17) is 16.6 Å². The summed E-state index contributed by atoms with van der Waals surface area (Å²) in [5, 5.41) is 20.6. The molecule has 1 amide bonds. The molecule has 38 heavy (non-hydrogen) atoms. The SMILES string of the molecule is Cc1cc(C(=O)NC(CCC(=O)O)C(=O)O)ccc1N(Cc1cnc2nc(N)nc(N)c2n1)CC(C)(C)C. The van der Waals surface area contributed by atoms with Gasteiger partial charge >= 0.3 is 11.9 Å². The maximum absolute atomic E-state index is 12.8. The van der Waals surface area contributed by atoms with Crippen LogP contribution in [0.4, 0.5) is 17.5 Å². The number of aromatic nitrogens is 4. The van der Waals surface area contributed by atoms with Gasteiger partial charge < -0.3 is 31.9 Å². The molecule has 0 fully saturated rings. The first-order valence-corrected chi connectivity index (χ1v) is 11.9. The largest absolute Gasteiger partial charge is 0.481 e. The highest BCUT2D eigenvalue weighted by molar-refractivity contribution is 5.97. The van der Waals surface area contributed by atoms with Crippen LogP contribution in [0.25, 0.3) is 11.2 Å². The summed E-state index contributed by atoms with van der Waals surface area (Å²) >= 11 is 0. The van der Waals surface area contributed by atoms with Crippen molar-refractivity contribution in [2.75, 3.05) is 22.9 Å². The number of anilines is 3. The predicted molar refractivity (Wildman–Crippen MR) is 141 cm³/mol. The number of carbonyl (C=O) groups excluding carboxylic acids is 1. The van der Waals surface area contributed by atoms with Crippen LogP contribution in [0.3, 0.4) is 0 Å². The molecule has 0 saturated carbocycles. The molecule has 2 heterocycles.